The fourth-order valence-electron chi connectivity index (χ4n) is 2.30. The van der Waals surface area contributed by atoms with E-state index in [1.807, 2.05) is 0 Å². The summed E-state index contributed by atoms with van der Waals surface area (Å²) in [6, 6.07) is 11.3. The number of rotatable bonds is 8. The Labute approximate surface area is 178 Å². The fraction of sp³-hybridized carbons (Fsp3) is 0.286. The van der Waals surface area contributed by atoms with Crippen molar-refractivity contribution in [2.45, 2.75) is 33.1 Å². The molecule has 0 saturated carbocycles. The summed E-state index contributed by atoms with van der Waals surface area (Å²) in [7, 11) is 0. The van der Waals surface area contributed by atoms with Crippen molar-refractivity contribution in [2.24, 2.45) is 0 Å². The van der Waals surface area contributed by atoms with Crippen molar-refractivity contribution >= 4 is 39.3 Å². The highest BCUT2D eigenvalue weighted by Crippen LogP contribution is 2.26. The molecule has 0 bridgehead atoms. The normalized spacial score (nSPS) is 10.2. The number of hydrazine groups is 1. The largest absolute Gasteiger partial charge is 0.492 e. The predicted octanol–water partition coefficient (Wildman–Crippen LogP) is 4.05. The Bertz CT molecular complexity index is 869. The van der Waals surface area contributed by atoms with Crippen LogP contribution in [0.3, 0.4) is 0 Å². The number of hydrogen-bond donors (Lipinski definition) is 3. The summed E-state index contributed by atoms with van der Waals surface area (Å²) in [5.74, 6) is -0.368. The Balaban J connectivity index is 1.90. The van der Waals surface area contributed by atoms with E-state index in [9.17, 15) is 14.4 Å². The molecule has 3 N–H and O–H groups in total. The van der Waals surface area contributed by atoms with E-state index in [1.165, 1.54) is 0 Å². The van der Waals surface area contributed by atoms with E-state index in [4.69, 9.17) is 4.74 Å². The number of nitrogens with one attached hydrogen (secondary N) is 3. The number of hydrogen-bond acceptors (Lipinski definition) is 4. The minimum Gasteiger partial charge on any atom is -0.492 e. The lowest BCUT2D eigenvalue weighted by Gasteiger charge is -2.11. The molecule has 0 radical (unpaired) electrons. The van der Waals surface area contributed by atoms with E-state index >= 15 is 0 Å². The highest BCUT2D eigenvalue weighted by molar-refractivity contribution is 9.10. The van der Waals surface area contributed by atoms with Gasteiger partial charge in [-0.05, 0) is 64.8 Å². The molecule has 0 heterocycles. The highest BCUT2D eigenvalue weighted by Gasteiger charge is 2.12. The zero-order chi connectivity index (χ0) is 21.2. The Hall–Kier alpha value is -2.87. The third-order valence-corrected chi connectivity index (χ3v) is 4.61. The van der Waals surface area contributed by atoms with E-state index in [-0.39, 0.29) is 5.91 Å². The molecule has 0 fully saturated rings. The minimum atomic E-state index is -0.467. The van der Waals surface area contributed by atoms with Crippen LogP contribution in [0.5, 0.6) is 5.75 Å². The van der Waals surface area contributed by atoms with Gasteiger partial charge in [0.05, 0.1) is 11.1 Å². The van der Waals surface area contributed by atoms with Crippen LogP contribution in [0.2, 0.25) is 0 Å². The molecule has 2 aromatic carbocycles. The predicted molar refractivity (Wildman–Crippen MR) is 115 cm³/mol. The van der Waals surface area contributed by atoms with Crippen LogP contribution < -0.4 is 20.9 Å². The summed E-state index contributed by atoms with van der Waals surface area (Å²) in [5, 5.41) is 2.70. The van der Waals surface area contributed by atoms with Crippen LogP contribution in [-0.2, 0) is 4.79 Å². The van der Waals surface area contributed by atoms with Crippen molar-refractivity contribution in [3.8, 4) is 5.75 Å². The lowest BCUT2D eigenvalue weighted by Crippen LogP contribution is -2.41. The molecule has 0 atom stereocenters. The second-order valence-corrected chi connectivity index (χ2v) is 7.09. The van der Waals surface area contributed by atoms with E-state index in [2.05, 4.69) is 39.0 Å². The Morgan fingerprint density at radius 2 is 1.55 bits per heavy atom. The third-order valence-electron chi connectivity index (χ3n) is 3.99. The number of halogens is 1. The molecule has 0 saturated heterocycles. The SMILES string of the molecule is CCCCOc1ccc(C(=O)NNC(=O)c2ccc(NC(=O)CC)cc2)cc1Br. The van der Waals surface area contributed by atoms with E-state index < -0.39 is 11.8 Å². The van der Waals surface area contributed by atoms with Crippen LogP contribution in [0.25, 0.3) is 0 Å². The average Bonchev–Trinajstić information content (AvgIpc) is 2.73. The van der Waals surface area contributed by atoms with Gasteiger partial charge in [-0.2, -0.15) is 0 Å². The zero-order valence-electron chi connectivity index (χ0n) is 16.4. The van der Waals surface area contributed by atoms with Gasteiger partial charge in [-0.15, -0.1) is 0 Å². The lowest BCUT2D eigenvalue weighted by atomic mass is 10.2. The molecule has 0 aliphatic heterocycles. The lowest BCUT2D eigenvalue weighted by molar-refractivity contribution is -0.115. The molecular formula is C21H24BrN3O4. The first-order valence-corrected chi connectivity index (χ1v) is 10.2. The van der Waals surface area contributed by atoms with Gasteiger partial charge in [0, 0.05) is 23.2 Å². The van der Waals surface area contributed by atoms with Crippen LogP contribution in [0.1, 0.15) is 53.8 Å². The summed E-state index contributed by atoms with van der Waals surface area (Å²) in [6.07, 6.45) is 2.36. The number of carbonyl (C=O) groups is 3. The van der Waals surface area contributed by atoms with Gasteiger partial charge in [-0.1, -0.05) is 20.3 Å². The molecule has 7 nitrogen and oxygen atoms in total. The van der Waals surface area contributed by atoms with E-state index in [1.54, 1.807) is 49.4 Å². The molecule has 0 aliphatic rings. The average molecular weight is 462 g/mol. The Morgan fingerprint density at radius 3 is 2.14 bits per heavy atom. The first-order chi connectivity index (χ1) is 13.9. The number of amides is 3. The minimum absolute atomic E-state index is 0.109. The second-order valence-electron chi connectivity index (χ2n) is 6.23. The van der Waals surface area contributed by atoms with Gasteiger partial charge < -0.3 is 10.1 Å². The van der Waals surface area contributed by atoms with Crippen LogP contribution >= 0.6 is 15.9 Å². The van der Waals surface area contributed by atoms with Crippen LogP contribution in [-0.4, -0.2) is 24.3 Å². The first-order valence-electron chi connectivity index (χ1n) is 9.37. The summed E-state index contributed by atoms with van der Waals surface area (Å²) in [5.41, 5.74) is 6.08. The van der Waals surface area contributed by atoms with Gasteiger partial charge >= 0.3 is 0 Å². The molecule has 0 aromatic heterocycles. The van der Waals surface area contributed by atoms with Crippen molar-refractivity contribution in [3.63, 3.8) is 0 Å². The second kappa shape index (κ2) is 11.2. The van der Waals surface area contributed by atoms with E-state index in [0.29, 0.717) is 40.1 Å². The van der Waals surface area contributed by atoms with Gasteiger partial charge in [0.25, 0.3) is 11.8 Å². The van der Waals surface area contributed by atoms with Crippen molar-refractivity contribution in [1.82, 2.24) is 10.9 Å². The topological polar surface area (TPSA) is 96.5 Å². The number of anilines is 1. The quantitative estimate of drug-likeness (QED) is 0.407. The Morgan fingerprint density at radius 1 is 0.931 bits per heavy atom. The van der Waals surface area contributed by atoms with Crippen molar-refractivity contribution in [2.75, 3.05) is 11.9 Å². The molecule has 2 aromatic rings. The summed E-state index contributed by atoms with van der Waals surface area (Å²) < 4.78 is 6.30. The van der Waals surface area contributed by atoms with Crippen molar-refractivity contribution < 1.29 is 19.1 Å². The van der Waals surface area contributed by atoms with Gasteiger partial charge in [0.15, 0.2) is 0 Å². The standard InChI is InChI=1S/C21H24BrN3O4/c1-3-5-12-29-18-11-8-15(13-17(18)22)21(28)25-24-20(27)14-6-9-16(10-7-14)23-19(26)4-2/h6-11,13H,3-5,12H2,1-2H3,(H,23,26)(H,24,27)(H,25,28). The van der Waals surface area contributed by atoms with Gasteiger partial charge in [-0.25, -0.2) is 0 Å². The summed E-state index contributed by atoms with van der Waals surface area (Å²) in [6.45, 7) is 4.45. The van der Waals surface area contributed by atoms with Gasteiger partial charge in [0.1, 0.15) is 5.75 Å². The summed E-state index contributed by atoms with van der Waals surface area (Å²) in [4.78, 5) is 35.8. The van der Waals surface area contributed by atoms with E-state index in [0.717, 1.165) is 12.8 Å². The number of carbonyl (C=O) groups excluding carboxylic acids is 3. The summed E-state index contributed by atoms with van der Waals surface area (Å²) >= 11 is 3.39. The molecule has 2 rings (SSSR count). The Kier molecular flexibility index (Phi) is 8.67. The number of benzene rings is 2. The fourth-order valence-corrected chi connectivity index (χ4v) is 2.79. The van der Waals surface area contributed by atoms with Crippen LogP contribution in [0, 0.1) is 0 Å². The van der Waals surface area contributed by atoms with Gasteiger partial charge in [-0.3, -0.25) is 25.2 Å². The number of unbranched alkanes of at least 4 members (excludes halogenated alkanes) is 1. The maximum Gasteiger partial charge on any atom is 0.269 e. The molecule has 29 heavy (non-hydrogen) atoms. The maximum atomic E-state index is 12.3. The first kappa shape index (κ1) is 22.4. The molecule has 154 valence electrons. The van der Waals surface area contributed by atoms with Crippen LogP contribution in [0.4, 0.5) is 5.69 Å². The molecule has 0 aliphatic carbocycles. The molecule has 8 heteroatoms. The van der Waals surface area contributed by atoms with Crippen molar-refractivity contribution in [1.29, 1.82) is 0 Å². The third kappa shape index (κ3) is 6.90. The molecule has 3 amide bonds. The number of ether oxygens (including phenoxy) is 1. The maximum absolute atomic E-state index is 12.3. The van der Waals surface area contributed by atoms with Gasteiger partial charge in [0.2, 0.25) is 5.91 Å². The molecular weight excluding hydrogens is 438 g/mol. The zero-order valence-corrected chi connectivity index (χ0v) is 18.0. The van der Waals surface area contributed by atoms with Crippen molar-refractivity contribution in [3.05, 3.63) is 58.1 Å². The van der Waals surface area contributed by atoms with Crippen LogP contribution in [0.15, 0.2) is 46.9 Å². The monoisotopic (exact) mass is 461 g/mol. The highest BCUT2D eigenvalue weighted by atomic mass is 79.9. The smallest absolute Gasteiger partial charge is 0.269 e. The molecule has 0 spiro atoms. The molecule has 0 unspecified atom stereocenters.